The molecule has 12 heteroatoms. The van der Waals surface area contributed by atoms with Gasteiger partial charge in [-0.15, -0.1) is 0 Å². The van der Waals surface area contributed by atoms with Gasteiger partial charge in [-0.2, -0.15) is 12.6 Å². The maximum absolute atomic E-state index is 12.6. The number of carbonyl (C=O) groups is 4. The number of unbranched alkanes of at least 4 members (excludes halogenated alkanes) is 1. The molecule has 0 rings (SSSR count). The smallest absolute Gasteiger partial charge is 0.327 e. The monoisotopic (exact) mass is 449 g/mol. The van der Waals surface area contributed by atoms with Crippen LogP contribution in [0.4, 0.5) is 0 Å². The normalized spacial score (nSPS) is 15.9. The molecule has 0 saturated carbocycles. The van der Waals surface area contributed by atoms with Crippen molar-refractivity contribution in [1.82, 2.24) is 16.0 Å². The Morgan fingerprint density at radius 1 is 1.00 bits per heavy atom. The molecular weight excluding hydrogens is 414 g/mol. The molecule has 0 aromatic rings. The number of carbonyl (C=O) groups excluding carboxylic acids is 3. The molecule has 0 aliphatic carbocycles. The highest BCUT2D eigenvalue weighted by atomic mass is 32.1. The van der Waals surface area contributed by atoms with Gasteiger partial charge in [-0.25, -0.2) is 4.79 Å². The highest BCUT2D eigenvalue weighted by Crippen LogP contribution is 2.09. The predicted octanol–water partition coefficient (Wildman–Crippen LogP) is -2.05. The number of hydrogen-bond acceptors (Lipinski definition) is 8. The average Bonchev–Trinajstić information content (AvgIpc) is 2.72. The molecule has 0 spiro atoms. The first-order chi connectivity index (χ1) is 14.1. The molecule has 3 amide bonds. The van der Waals surface area contributed by atoms with Crippen molar-refractivity contribution in [2.45, 2.75) is 63.7 Å². The molecule has 0 aromatic heterocycles. The first kappa shape index (κ1) is 28.1. The lowest BCUT2D eigenvalue weighted by Gasteiger charge is -2.27. The number of amides is 3. The van der Waals surface area contributed by atoms with E-state index in [0.29, 0.717) is 32.2 Å². The van der Waals surface area contributed by atoms with E-state index in [1.807, 2.05) is 0 Å². The second-order valence-electron chi connectivity index (χ2n) is 7.09. The third-order valence-corrected chi connectivity index (χ3v) is 5.08. The first-order valence-electron chi connectivity index (χ1n) is 9.94. The molecule has 5 atom stereocenters. The lowest BCUT2D eigenvalue weighted by atomic mass is 9.97. The van der Waals surface area contributed by atoms with Gasteiger partial charge in [0.05, 0.1) is 12.6 Å². The molecule has 0 bridgehead atoms. The molecule has 9 N–H and O–H groups in total. The highest BCUT2D eigenvalue weighted by molar-refractivity contribution is 7.80. The molecule has 0 radical (unpaired) electrons. The largest absolute Gasteiger partial charge is 0.480 e. The van der Waals surface area contributed by atoms with E-state index in [2.05, 4.69) is 28.6 Å². The third-order valence-electron chi connectivity index (χ3n) is 4.71. The van der Waals surface area contributed by atoms with Crippen molar-refractivity contribution in [3.8, 4) is 0 Å². The van der Waals surface area contributed by atoms with E-state index < -0.39 is 54.5 Å². The first-order valence-corrected chi connectivity index (χ1v) is 10.6. The summed E-state index contributed by atoms with van der Waals surface area (Å²) in [4.78, 5) is 48.4. The summed E-state index contributed by atoms with van der Waals surface area (Å²) < 4.78 is 0. The Bertz CT molecular complexity index is 579. The van der Waals surface area contributed by atoms with Gasteiger partial charge < -0.3 is 37.6 Å². The van der Waals surface area contributed by atoms with Crippen LogP contribution in [-0.4, -0.2) is 77.0 Å². The fourth-order valence-electron chi connectivity index (χ4n) is 2.52. The number of aliphatic carboxylic acids is 1. The summed E-state index contributed by atoms with van der Waals surface area (Å²) in [5, 5.41) is 25.8. The predicted molar refractivity (Wildman–Crippen MR) is 115 cm³/mol. The Labute approximate surface area is 182 Å². The van der Waals surface area contributed by atoms with Crippen LogP contribution in [0.5, 0.6) is 0 Å². The molecule has 0 saturated heterocycles. The number of nitrogens with one attached hydrogen (secondary N) is 3. The van der Waals surface area contributed by atoms with Crippen LogP contribution in [-0.2, 0) is 19.2 Å². The van der Waals surface area contributed by atoms with Gasteiger partial charge in [-0.05, 0) is 25.3 Å². The summed E-state index contributed by atoms with van der Waals surface area (Å²) in [5.74, 6) is -3.79. The zero-order valence-corrected chi connectivity index (χ0v) is 18.4. The molecule has 0 heterocycles. The van der Waals surface area contributed by atoms with Gasteiger partial charge in [0.25, 0.3) is 0 Å². The number of thiol groups is 1. The van der Waals surface area contributed by atoms with Crippen molar-refractivity contribution in [3.05, 3.63) is 0 Å². The molecule has 30 heavy (non-hydrogen) atoms. The quantitative estimate of drug-likeness (QED) is 0.103. The lowest BCUT2D eigenvalue weighted by Crippen LogP contribution is -2.59. The molecule has 0 aliphatic heterocycles. The molecular formula is C18H35N5O6S. The maximum Gasteiger partial charge on any atom is 0.327 e. The minimum absolute atomic E-state index is 0.125. The molecule has 0 fully saturated rings. The van der Waals surface area contributed by atoms with Crippen LogP contribution in [0, 0.1) is 5.92 Å². The van der Waals surface area contributed by atoms with Gasteiger partial charge in [0.1, 0.15) is 18.1 Å². The van der Waals surface area contributed by atoms with Crippen molar-refractivity contribution >= 4 is 36.3 Å². The summed E-state index contributed by atoms with van der Waals surface area (Å²) in [5.41, 5.74) is 11.2. The fraction of sp³-hybridized carbons (Fsp3) is 0.778. The maximum atomic E-state index is 12.6. The van der Waals surface area contributed by atoms with Crippen molar-refractivity contribution in [2.75, 3.05) is 18.9 Å². The van der Waals surface area contributed by atoms with Crippen LogP contribution in [0.2, 0.25) is 0 Å². The fourth-order valence-corrected chi connectivity index (χ4v) is 2.76. The zero-order valence-electron chi connectivity index (χ0n) is 17.5. The van der Waals surface area contributed by atoms with E-state index in [0.717, 1.165) is 0 Å². The Morgan fingerprint density at radius 2 is 1.60 bits per heavy atom. The van der Waals surface area contributed by atoms with Crippen molar-refractivity contribution < 1.29 is 29.4 Å². The molecule has 11 nitrogen and oxygen atoms in total. The van der Waals surface area contributed by atoms with E-state index in [1.165, 1.54) is 0 Å². The van der Waals surface area contributed by atoms with Crippen LogP contribution in [0.3, 0.4) is 0 Å². The Balaban J connectivity index is 5.11. The second kappa shape index (κ2) is 15.0. The lowest BCUT2D eigenvalue weighted by molar-refractivity contribution is -0.142. The van der Waals surface area contributed by atoms with E-state index in [9.17, 15) is 24.3 Å². The summed E-state index contributed by atoms with van der Waals surface area (Å²) in [6.45, 7) is 3.29. The average molecular weight is 450 g/mol. The molecule has 174 valence electrons. The number of carboxylic acids is 1. The van der Waals surface area contributed by atoms with Crippen LogP contribution >= 0.6 is 12.6 Å². The van der Waals surface area contributed by atoms with Gasteiger partial charge in [0, 0.05) is 5.75 Å². The van der Waals surface area contributed by atoms with E-state index >= 15 is 0 Å². The minimum Gasteiger partial charge on any atom is -0.480 e. The minimum atomic E-state index is -1.31. The molecule has 0 aliphatic rings. The van der Waals surface area contributed by atoms with Crippen LogP contribution in [0.25, 0.3) is 0 Å². The van der Waals surface area contributed by atoms with Gasteiger partial charge in [0.2, 0.25) is 17.7 Å². The number of rotatable bonds is 15. The topological polar surface area (TPSA) is 197 Å². The number of aliphatic hydroxyl groups is 1. The van der Waals surface area contributed by atoms with Crippen LogP contribution in [0.1, 0.15) is 39.5 Å². The Morgan fingerprint density at radius 3 is 2.07 bits per heavy atom. The van der Waals surface area contributed by atoms with Crippen LogP contribution in [0.15, 0.2) is 0 Å². The molecule has 0 aromatic carbocycles. The van der Waals surface area contributed by atoms with Gasteiger partial charge >= 0.3 is 5.97 Å². The van der Waals surface area contributed by atoms with E-state index in [4.69, 9.17) is 16.6 Å². The van der Waals surface area contributed by atoms with Crippen molar-refractivity contribution in [2.24, 2.45) is 17.4 Å². The van der Waals surface area contributed by atoms with Crippen LogP contribution < -0.4 is 27.4 Å². The van der Waals surface area contributed by atoms with Crippen molar-refractivity contribution in [1.29, 1.82) is 0 Å². The SMILES string of the molecule is CCC(C)C(NC(=O)C(CO)NC(=O)C(N)CCCCN)C(=O)NC(CS)C(=O)O. The second-order valence-corrected chi connectivity index (χ2v) is 7.45. The Hall–Kier alpha value is -1.89. The summed E-state index contributed by atoms with van der Waals surface area (Å²) in [7, 11) is 0. The van der Waals surface area contributed by atoms with E-state index in [1.54, 1.807) is 13.8 Å². The standard InChI is InChI=1S/C18H35N5O6S/c1-3-10(2)14(17(27)22-13(9-30)18(28)29)23-16(26)12(8-24)21-15(25)11(20)6-4-5-7-19/h10-14,24,30H,3-9,19-20H2,1-2H3,(H,21,25)(H,22,27)(H,23,26)(H,28,29). The van der Waals surface area contributed by atoms with Crippen molar-refractivity contribution in [3.63, 3.8) is 0 Å². The summed E-state index contributed by atoms with van der Waals surface area (Å²) in [6.07, 6.45) is 2.24. The number of aliphatic hydroxyl groups excluding tert-OH is 1. The Kier molecular flexibility index (Phi) is 14.0. The number of carboxylic acid groups (broad SMARTS) is 1. The van der Waals surface area contributed by atoms with E-state index in [-0.39, 0.29) is 11.7 Å². The van der Waals surface area contributed by atoms with Gasteiger partial charge in [-0.1, -0.05) is 26.7 Å². The van der Waals surface area contributed by atoms with Gasteiger partial charge in [0.15, 0.2) is 0 Å². The summed E-state index contributed by atoms with van der Waals surface area (Å²) >= 11 is 3.90. The third kappa shape index (κ3) is 9.74. The number of hydrogen-bond donors (Lipinski definition) is 8. The number of nitrogens with two attached hydrogens (primary N) is 2. The van der Waals surface area contributed by atoms with Gasteiger partial charge in [-0.3, -0.25) is 14.4 Å². The summed E-state index contributed by atoms with van der Waals surface area (Å²) in [6, 6.07) is -4.45. The highest BCUT2D eigenvalue weighted by Gasteiger charge is 2.32. The zero-order chi connectivity index (χ0) is 23.3. The molecule has 5 unspecified atom stereocenters.